The summed E-state index contributed by atoms with van der Waals surface area (Å²) in [5.41, 5.74) is 1.32. The van der Waals surface area contributed by atoms with Crippen LogP contribution in [-0.4, -0.2) is 36.3 Å². The fraction of sp³-hybridized carbons (Fsp3) is 0.0588. The third-order valence-electron chi connectivity index (χ3n) is 3.61. The Morgan fingerprint density at radius 3 is 2.74 bits per heavy atom. The minimum absolute atomic E-state index is 0.183. The zero-order valence-corrected chi connectivity index (χ0v) is 13.7. The summed E-state index contributed by atoms with van der Waals surface area (Å²) in [4.78, 5) is 16.5. The lowest BCUT2D eigenvalue weighted by molar-refractivity contribution is 0.0459. The van der Waals surface area contributed by atoms with Crippen molar-refractivity contribution in [3.8, 4) is 17.1 Å². The van der Waals surface area contributed by atoms with Crippen molar-refractivity contribution in [3.05, 3.63) is 72.1 Å². The number of hydrogen-bond donors (Lipinski definition) is 0. The van der Waals surface area contributed by atoms with E-state index in [0.29, 0.717) is 11.3 Å². The number of carbonyl (C=O) groups excluding carboxylic acids is 1. The Bertz CT molecular complexity index is 1060. The van der Waals surface area contributed by atoms with Gasteiger partial charge < -0.3 is 9.26 Å². The summed E-state index contributed by atoms with van der Waals surface area (Å²) < 4.78 is 24.7. The lowest BCUT2D eigenvalue weighted by Gasteiger charge is -2.07. The number of benzene rings is 2. The Labute approximate surface area is 151 Å². The number of esters is 1. The minimum atomic E-state index is -0.589. The standard InChI is InChI=1S/C17H11FN6O3/c18-12-7-5-11(6-8-12)16-20-15(21-27-16)9-26-17(25)13-3-1-2-4-14(13)24-10-19-22-23-24/h1-8,10H,9H2. The van der Waals surface area contributed by atoms with Crippen molar-refractivity contribution in [2.24, 2.45) is 0 Å². The summed E-state index contributed by atoms with van der Waals surface area (Å²) in [5.74, 6) is -0.569. The predicted octanol–water partition coefficient (Wildman–Crippen LogP) is 2.21. The first-order valence-electron chi connectivity index (χ1n) is 7.79. The molecule has 2 aromatic carbocycles. The predicted molar refractivity (Wildman–Crippen MR) is 88.0 cm³/mol. The quantitative estimate of drug-likeness (QED) is 0.495. The molecule has 0 saturated carbocycles. The van der Waals surface area contributed by atoms with E-state index in [2.05, 4.69) is 25.7 Å². The van der Waals surface area contributed by atoms with Crippen LogP contribution in [0.4, 0.5) is 4.39 Å². The third-order valence-corrected chi connectivity index (χ3v) is 3.61. The van der Waals surface area contributed by atoms with E-state index in [0.717, 1.165) is 0 Å². The molecule has 0 aliphatic rings. The van der Waals surface area contributed by atoms with E-state index < -0.39 is 5.97 Å². The molecule has 4 aromatic rings. The van der Waals surface area contributed by atoms with Crippen molar-refractivity contribution < 1.29 is 18.4 Å². The molecule has 10 heteroatoms. The molecule has 0 unspecified atom stereocenters. The van der Waals surface area contributed by atoms with Gasteiger partial charge in [0.25, 0.3) is 5.89 Å². The fourth-order valence-corrected chi connectivity index (χ4v) is 2.35. The Morgan fingerprint density at radius 1 is 1.15 bits per heavy atom. The van der Waals surface area contributed by atoms with Crippen LogP contribution in [-0.2, 0) is 11.3 Å². The van der Waals surface area contributed by atoms with Gasteiger partial charge in [0, 0.05) is 5.56 Å². The van der Waals surface area contributed by atoms with Crippen LogP contribution in [0, 0.1) is 5.82 Å². The van der Waals surface area contributed by atoms with Gasteiger partial charge in [0.15, 0.2) is 6.61 Å². The Kier molecular flexibility index (Phi) is 4.35. The number of nitrogens with zero attached hydrogens (tertiary/aromatic N) is 6. The van der Waals surface area contributed by atoms with E-state index in [9.17, 15) is 9.18 Å². The molecule has 0 bridgehead atoms. The van der Waals surface area contributed by atoms with Crippen LogP contribution in [0.2, 0.25) is 0 Å². The summed E-state index contributed by atoms with van der Waals surface area (Å²) >= 11 is 0. The van der Waals surface area contributed by atoms with E-state index in [1.165, 1.54) is 35.3 Å². The average molecular weight is 366 g/mol. The van der Waals surface area contributed by atoms with Gasteiger partial charge in [0.05, 0.1) is 11.3 Å². The number of halogens is 1. The number of para-hydroxylation sites is 1. The molecule has 0 radical (unpaired) electrons. The number of tetrazole rings is 1. The first kappa shape index (κ1) is 16.5. The van der Waals surface area contributed by atoms with Crippen molar-refractivity contribution >= 4 is 5.97 Å². The molecule has 27 heavy (non-hydrogen) atoms. The van der Waals surface area contributed by atoms with E-state index in [4.69, 9.17) is 9.26 Å². The van der Waals surface area contributed by atoms with Crippen molar-refractivity contribution in [1.82, 2.24) is 30.3 Å². The van der Waals surface area contributed by atoms with E-state index in [1.807, 2.05) is 0 Å². The van der Waals surface area contributed by atoms with Gasteiger partial charge in [-0.2, -0.15) is 9.67 Å². The van der Waals surface area contributed by atoms with Crippen molar-refractivity contribution in [1.29, 1.82) is 0 Å². The van der Waals surface area contributed by atoms with Crippen LogP contribution in [0.15, 0.2) is 59.4 Å². The first-order valence-corrected chi connectivity index (χ1v) is 7.79. The SMILES string of the molecule is O=C(OCc1noc(-c2ccc(F)cc2)n1)c1ccccc1-n1cnnn1. The lowest BCUT2D eigenvalue weighted by atomic mass is 10.2. The lowest BCUT2D eigenvalue weighted by Crippen LogP contribution is -2.10. The normalized spacial score (nSPS) is 10.7. The highest BCUT2D eigenvalue weighted by Crippen LogP contribution is 2.18. The van der Waals surface area contributed by atoms with Crippen molar-refractivity contribution in [2.45, 2.75) is 6.61 Å². The van der Waals surface area contributed by atoms with E-state index in [1.54, 1.807) is 24.3 Å². The number of ether oxygens (including phenoxy) is 1. The highest BCUT2D eigenvalue weighted by Gasteiger charge is 2.16. The zero-order chi connectivity index (χ0) is 18.6. The summed E-state index contributed by atoms with van der Waals surface area (Å²) in [6.07, 6.45) is 1.38. The Hall–Kier alpha value is -3.95. The molecule has 2 aromatic heterocycles. The monoisotopic (exact) mass is 366 g/mol. The van der Waals surface area contributed by atoms with Crippen molar-refractivity contribution in [3.63, 3.8) is 0 Å². The molecule has 4 rings (SSSR count). The van der Waals surface area contributed by atoms with Gasteiger partial charge in [-0.05, 0) is 46.8 Å². The first-order chi connectivity index (χ1) is 13.2. The Morgan fingerprint density at radius 2 is 1.96 bits per heavy atom. The second-order valence-corrected chi connectivity index (χ2v) is 5.37. The molecule has 9 nitrogen and oxygen atoms in total. The van der Waals surface area contributed by atoms with Gasteiger partial charge in [0.1, 0.15) is 12.1 Å². The zero-order valence-electron chi connectivity index (χ0n) is 13.7. The summed E-state index contributed by atoms with van der Waals surface area (Å²) in [6, 6.07) is 12.3. The molecule has 0 amide bonds. The van der Waals surface area contributed by atoms with Gasteiger partial charge in [-0.15, -0.1) is 5.10 Å². The second kappa shape index (κ2) is 7.12. The molecule has 0 N–H and O–H groups in total. The number of aromatic nitrogens is 6. The third kappa shape index (κ3) is 3.54. The van der Waals surface area contributed by atoms with Gasteiger partial charge in [0.2, 0.25) is 5.82 Å². The van der Waals surface area contributed by atoms with Crippen molar-refractivity contribution in [2.75, 3.05) is 0 Å². The van der Waals surface area contributed by atoms with Gasteiger partial charge >= 0.3 is 5.97 Å². The van der Waals surface area contributed by atoms with Gasteiger partial charge in [-0.25, -0.2) is 9.18 Å². The van der Waals surface area contributed by atoms with Gasteiger partial charge in [-0.1, -0.05) is 17.3 Å². The molecule has 134 valence electrons. The largest absolute Gasteiger partial charge is 0.454 e. The van der Waals surface area contributed by atoms with Crippen LogP contribution in [0.3, 0.4) is 0 Å². The maximum absolute atomic E-state index is 13.0. The van der Waals surface area contributed by atoms with Crippen LogP contribution < -0.4 is 0 Å². The number of rotatable bonds is 5. The number of hydrogen-bond acceptors (Lipinski definition) is 8. The van der Waals surface area contributed by atoms with E-state index in [-0.39, 0.29) is 29.7 Å². The second-order valence-electron chi connectivity index (χ2n) is 5.37. The summed E-state index contributed by atoms with van der Waals surface area (Å²) in [7, 11) is 0. The Balaban J connectivity index is 1.47. The molecule has 2 heterocycles. The fourth-order valence-electron chi connectivity index (χ4n) is 2.35. The van der Waals surface area contributed by atoms with Gasteiger partial charge in [-0.3, -0.25) is 0 Å². The molecule has 0 fully saturated rings. The maximum atomic E-state index is 13.0. The van der Waals surface area contributed by atoms with Crippen LogP contribution in [0.5, 0.6) is 0 Å². The smallest absolute Gasteiger partial charge is 0.340 e. The molecule has 0 spiro atoms. The van der Waals surface area contributed by atoms with Crippen LogP contribution in [0.25, 0.3) is 17.1 Å². The van der Waals surface area contributed by atoms with E-state index >= 15 is 0 Å². The highest BCUT2D eigenvalue weighted by molar-refractivity contribution is 5.93. The number of carbonyl (C=O) groups is 1. The molecule has 0 atom stereocenters. The molecular weight excluding hydrogens is 355 g/mol. The maximum Gasteiger partial charge on any atom is 0.340 e. The van der Waals surface area contributed by atoms with Crippen LogP contribution >= 0.6 is 0 Å². The van der Waals surface area contributed by atoms with Crippen LogP contribution in [0.1, 0.15) is 16.2 Å². The molecule has 0 aliphatic carbocycles. The summed E-state index contributed by atoms with van der Waals surface area (Å²) in [5, 5.41) is 14.6. The molecule has 0 saturated heterocycles. The summed E-state index contributed by atoms with van der Waals surface area (Å²) in [6.45, 7) is -0.187. The topological polar surface area (TPSA) is 109 Å². The average Bonchev–Trinajstić information content (AvgIpc) is 3.39. The molecular formula is C17H11FN6O3. The minimum Gasteiger partial charge on any atom is -0.454 e. The molecule has 0 aliphatic heterocycles. The highest BCUT2D eigenvalue weighted by atomic mass is 19.1.